The normalized spacial score (nSPS) is 17.3. The molecule has 0 aliphatic carbocycles. The van der Waals surface area contributed by atoms with Crippen molar-refractivity contribution < 1.29 is 9.59 Å². The molecule has 0 unspecified atom stereocenters. The van der Waals surface area contributed by atoms with Crippen LogP contribution in [0.3, 0.4) is 0 Å². The lowest BCUT2D eigenvalue weighted by Gasteiger charge is -2.39. The maximum Gasteiger partial charge on any atom is 0.231 e. The zero-order valence-electron chi connectivity index (χ0n) is 19.0. The van der Waals surface area contributed by atoms with Crippen molar-refractivity contribution in [3.05, 3.63) is 54.4 Å². The Morgan fingerprint density at radius 2 is 1.81 bits per heavy atom. The van der Waals surface area contributed by atoms with Crippen LogP contribution in [-0.2, 0) is 9.59 Å². The predicted octanol–water partition coefficient (Wildman–Crippen LogP) is 2.81. The van der Waals surface area contributed by atoms with Gasteiger partial charge in [0.25, 0.3) is 0 Å². The van der Waals surface area contributed by atoms with E-state index in [1.165, 1.54) is 5.56 Å². The summed E-state index contributed by atoms with van der Waals surface area (Å²) < 4.78 is 0. The third-order valence-corrected chi connectivity index (χ3v) is 6.53. The van der Waals surface area contributed by atoms with Crippen LogP contribution in [0.4, 0.5) is 11.4 Å². The predicted molar refractivity (Wildman–Crippen MR) is 127 cm³/mol. The highest BCUT2D eigenvalue weighted by Crippen LogP contribution is 2.30. The third kappa shape index (κ3) is 5.46. The van der Waals surface area contributed by atoms with Crippen LogP contribution in [0.1, 0.15) is 30.7 Å². The highest BCUT2D eigenvalue weighted by atomic mass is 16.2. The van der Waals surface area contributed by atoms with E-state index in [0.717, 1.165) is 56.9 Å². The standard InChI is InChI=1S/C25H33N5O2/c1-28(2)13-11-24(31)29-14-9-20(10-15-29)19-5-7-22(8-6-19)27-25(32)21-17-30(18-21)23-4-3-12-26-16-23/h3-8,12,16,20-21H,9-11,13-15,17-18H2,1-2H3,(H,27,32). The molecule has 32 heavy (non-hydrogen) atoms. The lowest BCUT2D eigenvalue weighted by molar-refractivity contribution is -0.132. The first kappa shape index (κ1) is 22.3. The van der Waals surface area contributed by atoms with Crippen LogP contribution in [0, 0.1) is 5.92 Å². The number of hydrogen-bond donors (Lipinski definition) is 1. The van der Waals surface area contributed by atoms with Gasteiger partial charge in [-0.2, -0.15) is 0 Å². The number of pyridine rings is 1. The van der Waals surface area contributed by atoms with E-state index in [9.17, 15) is 9.59 Å². The van der Waals surface area contributed by atoms with E-state index in [-0.39, 0.29) is 17.7 Å². The number of carbonyl (C=O) groups is 2. The van der Waals surface area contributed by atoms with Gasteiger partial charge in [-0.3, -0.25) is 14.6 Å². The molecule has 1 aromatic heterocycles. The lowest BCUT2D eigenvalue weighted by Crippen LogP contribution is -2.52. The molecule has 2 aromatic rings. The summed E-state index contributed by atoms with van der Waals surface area (Å²) in [6, 6.07) is 12.2. The molecule has 7 nitrogen and oxygen atoms in total. The molecule has 3 heterocycles. The van der Waals surface area contributed by atoms with E-state index in [1.807, 2.05) is 54.4 Å². The second-order valence-electron chi connectivity index (χ2n) is 9.13. The molecule has 2 fully saturated rings. The molecule has 1 N–H and O–H groups in total. The Kier molecular flexibility index (Phi) is 7.05. The molecule has 0 bridgehead atoms. The highest BCUT2D eigenvalue weighted by molar-refractivity contribution is 5.94. The molecular formula is C25H33N5O2. The second kappa shape index (κ2) is 10.1. The van der Waals surface area contributed by atoms with Gasteiger partial charge in [0, 0.05) is 51.0 Å². The Balaban J connectivity index is 1.22. The minimum atomic E-state index is 0.00393. The van der Waals surface area contributed by atoms with Gasteiger partial charge in [0.15, 0.2) is 0 Å². The smallest absolute Gasteiger partial charge is 0.231 e. The Morgan fingerprint density at radius 1 is 1.09 bits per heavy atom. The van der Waals surface area contributed by atoms with Gasteiger partial charge >= 0.3 is 0 Å². The number of likely N-dealkylation sites (tertiary alicyclic amines) is 1. The molecule has 2 amide bonds. The molecule has 2 saturated heterocycles. The van der Waals surface area contributed by atoms with Gasteiger partial charge in [0.2, 0.25) is 11.8 Å². The topological polar surface area (TPSA) is 68.8 Å². The number of anilines is 2. The van der Waals surface area contributed by atoms with Crippen LogP contribution in [0.2, 0.25) is 0 Å². The zero-order valence-corrected chi connectivity index (χ0v) is 19.0. The summed E-state index contributed by atoms with van der Waals surface area (Å²) in [5.74, 6) is 0.803. The van der Waals surface area contributed by atoms with Gasteiger partial charge in [-0.05, 0) is 62.7 Å². The molecule has 7 heteroatoms. The number of benzene rings is 1. The van der Waals surface area contributed by atoms with Crippen LogP contribution < -0.4 is 10.2 Å². The van der Waals surface area contributed by atoms with Crippen molar-refractivity contribution in [1.29, 1.82) is 0 Å². The summed E-state index contributed by atoms with van der Waals surface area (Å²) in [6.45, 7) is 3.90. The minimum absolute atomic E-state index is 0.00393. The van der Waals surface area contributed by atoms with Crippen molar-refractivity contribution in [2.24, 2.45) is 5.92 Å². The van der Waals surface area contributed by atoms with Gasteiger partial charge in [0.05, 0.1) is 17.8 Å². The zero-order chi connectivity index (χ0) is 22.5. The lowest BCUT2D eigenvalue weighted by atomic mass is 9.89. The quantitative estimate of drug-likeness (QED) is 0.724. The van der Waals surface area contributed by atoms with E-state index in [4.69, 9.17) is 0 Å². The van der Waals surface area contributed by atoms with Gasteiger partial charge < -0.3 is 20.0 Å². The fraction of sp³-hybridized carbons (Fsp3) is 0.480. The number of nitrogens with zero attached hydrogens (tertiary/aromatic N) is 4. The number of hydrogen-bond acceptors (Lipinski definition) is 5. The van der Waals surface area contributed by atoms with Crippen LogP contribution >= 0.6 is 0 Å². The molecule has 2 aliphatic rings. The first-order valence-corrected chi connectivity index (χ1v) is 11.5. The SMILES string of the molecule is CN(C)CCC(=O)N1CCC(c2ccc(NC(=O)C3CN(c4cccnc4)C3)cc2)CC1. The van der Waals surface area contributed by atoms with Crippen LogP contribution in [0.5, 0.6) is 0 Å². The molecule has 0 saturated carbocycles. The Hall–Kier alpha value is -2.93. The average molecular weight is 436 g/mol. The van der Waals surface area contributed by atoms with Crippen molar-refractivity contribution in [3.8, 4) is 0 Å². The van der Waals surface area contributed by atoms with Crippen LogP contribution in [0.15, 0.2) is 48.8 Å². The maximum absolute atomic E-state index is 12.6. The number of aromatic nitrogens is 1. The average Bonchev–Trinajstić information content (AvgIpc) is 2.78. The Bertz CT molecular complexity index is 902. The number of carbonyl (C=O) groups excluding carboxylic acids is 2. The van der Waals surface area contributed by atoms with Gasteiger partial charge in [-0.15, -0.1) is 0 Å². The summed E-state index contributed by atoms with van der Waals surface area (Å²) in [5, 5.41) is 3.05. The fourth-order valence-electron chi connectivity index (χ4n) is 4.42. The van der Waals surface area contributed by atoms with Crippen molar-refractivity contribution in [2.45, 2.75) is 25.2 Å². The molecule has 0 spiro atoms. The third-order valence-electron chi connectivity index (χ3n) is 6.53. The molecule has 4 rings (SSSR count). The number of nitrogens with one attached hydrogen (secondary N) is 1. The first-order valence-electron chi connectivity index (χ1n) is 11.5. The van der Waals surface area contributed by atoms with Crippen molar-refractivity contribution in [3.63, 3.8) is 0 Å². The van der Waals surface area contributed by atoms with E-state index in [1.54, 1.807) is 6.20 Å². The molecule has 0 radical (unpaired) electrons. The van der Waals surface area contributed by atoms with Gasteiger partial charge in [-0.1, -0.05) is 12.1 Å². The summed E-state index contributed by atoms with van der Waals surface area (Å²) >= 11 is 0. The Labute approximate surface area is 190 Å². The van der Waals surface area contributed by atoms with E-state index in [0.29, 0.717) is 12.3 Å². The maximum atomic E-state index is 12.6. The monoisotopic (exact) mass is 435 g/mol. The molecular weight excluding hydrogens is 402 g/mol. The van der Waals surface area contributed by atoms with Crippen LogP contribution in [-0.4, -0.2) is 73.4 Å². The second-order valence-corrected chi connectivity index (χ2v) is 9.13. The van der Waals surface area contributed by atoms with Crippen molar-refractivity contribution in [1.82, 2.24) is 14.8 Å². The number of piperidine rings is 1. The van der Waals surface area contributed by atoms with Gasteiger partial charge in [0.1, 0.15) is 0 Å². The first-order chi connectivity index (χ1) is 15.5. The largest absolute Gasteiger partial charge is 0.369 e. The van der Waals surface area contributed by atoms with Crippen LogP contribution in [0.25, 0.3) is 0 Å². The Morgan fingerprint density at radius 3 is 2.44 bits per heavy atom. The molecule has 1 aromatic carbocycles. The summed E-state index contributed by atoms with van der Waals surface area (Å²) in [7, 11) is 3.99. The molecule has 170 valence electrons. The summed E-state index contributed by atoms with van der Waals surface area (Å²) in [5.41, 5.74) is 3.19. The molecule has 0 atom stereocenters. The van der Waals surface area contributed by atoms with E-state index in [2.05, 4.69) is 27.3 Å². The number of amides is 2. The fourth-order valence-corrected chi connectivity index (χ4v) is 4.42. The minimum Gasteiger partial charge on any atom is -0.369 e. The van der Waals surface area contributed by atoms with E-state index >= 15 is 0 Å². The van der Waals surface area contributed by atoms with E-state index < -0.39 is 0 Å². The van der Waals surface area contributed by atoms with Crippen molar-refractivity contribution in [2.75, 3.05) is 57.0 Å². The number of rotatable bonds is 7. The molecule has 2 aliphatic heterocycles. The van der Waals surface area contributed by atoms with Gasteiger partial charge in [-0.25, -0.2) is 0 Å². The summed E-state index contributed by atoms with van der Waals surface area (Å²) in [4.78, 5) is 35.2. The van der Waals surface area contributed by atoms with Crippen molar-refractivity contribution >= 4 is 23.2 Å². The summed E-state index contributed by atoms with van der Waals surface area (Å²) in [6.07, 6.45) is 6.16. The highest BCUT2D eigenvalue weighted by Gasteiger charge is 2.33.